The summed E-state index contributed by atoms with van der Waals surface area (Å²) in [5, 5.41) is 3.65. The van der Waals surface area contributed by atoms with E-state index in [1.54, 1.807) is 11.2 Å². The number of imidazole rings is 1. The number of H-pyrrole nitrogens is 1. The molecule has 7 heteroatoms. The van der Waals surface area contributed by atoms with Gasteiger partial charge in [-0.05, 0) is 39.2 Å². The molecule has 1 saturated heterocycles. The lowest BCUT2D eigenvalue weighted by molar-refractivity contribution is 0.307. The summed E-state index contributed by atoms with van der Waals surface area (Å²) in [4.78, 5) is 6.87. The normalized spacial score (nSPS) is 24.2. The second-order valence-electron chi connectivity index (χ2n) is 5.79. The quantitative estimate of drug-likeness (QED) is 0.850. The summed E-state index contributed by atoms with van der Waals surface area (Å²) in [7, 11) is -3.44. The highest BCUT2D eigenvalue weighted by molar-refractivity contribution is 7.89. The third kappa shape index (κ3) is 2.89. The van der Waals surface area contributed by atoms with Crippen molar-refractivity contribution in [2.45, 2.75) is 56.1 Å². The Bertz CT molecular complexity index is 559. The fourth-order valence-electron chi connectivity index (χ4n) is 2.76. The number of aryl methyl sites for hydroxylation is 1. The number of sulfonamides is 1. The van der Waals surface area contributed by atoms with Gasteiger partial charge in [-0.1, -0.05) is 6.42 Å². The molecule has 1 saturated carbocycles. The molecule has 1 unspecified atom stereocenters. The predicted molar refractivity (Wildman–Crippen MR) is 75.9 cm³/mol. The van der Waals surface area contributed by atoms with Crippen LogP contribution in [0.5, 0.6) is 0 Å². The summed E-state index contributed by atoms with van der Waals surface area (Å²) in [6.07, 6.45) is 6.79. The van der Waals surface area contributed by atoms with Crippen LogP contribution in [0.15, 0.2) is 11.2 Å². The van der Waals surface area contributed by atoms with Crippen molar-refractivity contribution >= 4 is 10.0 Å². The highest BCUT2D eigenvalue weighted by Crippen LogP contribution is 2.32. The van der Waals surface area contributed by atoms with Gasteiger partial charge in [0.25, 0.3) is 10.0 Å². The highest BCUT2D eigenvalue weighted by atomic mass is 32.2. The van der Waals surface area contributed by atoms with E-state index >= 15 is 0 Å². The van der Waals surface area contributed by atoms with Crippen molar-refractivity contribution in [3.05, 3.63) is 12.0 Å². The van der Waals surface area contributed by atoms with Crippen LogP contribution in [-0.2, 0) is 10.0 Å². The number of hydrogen-bond acceptors (Lipinski definition) is 4. The maximum Gasteiger partial charge on any atom is 0.260 e. The van der Waals surface area contributed by atoms with Gasteiger partial charge >= 0.3 is 0 Å². The van der Waals surface area contributed by atoms with E-state index in [0.717, 1.165) is 25.8 Å². The Hall–Kier alpha value is -0.920. The molecule has 1 aromatic rings. The first kappa shape index (κ1) is 14.0. The van der Waals surface area contributed by atoms with E-state index in [2.05, 4.69) is 15.3 Å². The van der Waals surface area contributed by atoms with E-state index in [9.17, 15) is 8.42 Å². The molecule has 0 radical (unpaired) electrons. The molecule has 2 heterocycles. The SMILES string of the molecule is Cc1ncc(S(=O)(=O)N(CC2CCCCN2)C2CC2)[nH]1. The maximum atomic E-state index is 12.7. The first-order valence-electron chi connectivity index (χ1n) is 7.34. The predicted octanol–water partition coefficient (Wildman–Crippen LogP) is 1.01. The second kappa shape index (κ2) is 5.46. The molecule has 3 rings (SSSR count). The summed E-state index contributed by atoms with van der Waals surface area (Å²) in [6, 6.07) is 0.454. The van der Waals surface area contributed by atoms with Gasteiger partial charge in [0.2, 0.25) is 0 Å². The van der Waals surface area contributed by atoms with E-state index in [1.807, 2.05) is 0 Å². The van der Waals surface area contributed by atoms with Crippen LogP contribution in [0.4, 0.5) is 0 Å². The topological polar surface area (TPSA) is 78.1 Å². The molecule has 2 fully saturated rings. The summed E-state index contributed by atoms with van der Waals surface area (Å²) in [5.74, 6) is 0.634. The van der Waals surface area contributed by atoms with Crippen molar-refractivity contribution < 1.29 is 8.42 Å². The van der Waals surface area contributed by atoms with Crippen LogP contribution >= 0.6 is 0 Å². The molecule has 2 aliphatic rings. The summed E-state index contributed by atoms with van der Waals surface area (Å²) >= 11 is 0. The van der Waals surface area contributed by atoms with Crippen molar-refractivity contribution in [1.82, 2.24) is 19.6 Å². The average Bonchev–Trinajstić information content (AvgIpc) is 3.17. The van der Waals surface area contributed by atoms with Crippen molar-refractivity contribution in [3.8, 4) is 0 Å². The Balaban J connectivity index is 1.79. The zero-order valence-corrected chi connectivity index (χ0v) is 12.6. The first-order chi connectivity index (χ1) is 9.57. The van der Waals surface area contributed by atoms with E-state index in [1.165, 1.54) is 19.0 Å². The first-order valence-corrected chi connectivity index (χ1v) is 8.78. The van der Waals surface area contributed by atoms with E-state index < -0.39 is 10.0 Å². The fourth-order valence-corrected chi connectivity index (χ4v) is 4.45. The van der Waals surface area contributed by atoms with Gasteiger partial charge in [0.1, 0.15) is 5.82 Å². The minimum absolute atomic E-state index is 0.173. The Labute approximate surface area is 120 Å². The number of nitrogens with zero attached hydrogens (tertiary/aromatic N) is 2. The number of rotatable bonds is 5. The lowest BCUT2D eigenvalue weighted by Crippen LogP contribution is -2.46. The Morgan fingerprint density at radius 1 is 1.35 bits per heavy atom. The number of hydrogen-bond donors (Lipinski definition) is 2. The monoisotopic (exact) mass is 298 g/mol. The maximum absolute atomic E-state index is 12.7. The van der Waals surface area contributed by atoms with Gasteiger partial charge in [-0.2, -0.15) is 4.31 Å². The Kier molecular flexibility index (Phi) is 3.83. The van der Waals surface area contributed by atoms with Crippen LogP contribution in [0, 0.1) is 6.92 Å². The minimum Gasteiger partial charge on any atom is -0.332 e. The van der Waals surface area contributed by atoms with Gasteiger partial charge in [0.05, 0.1) is 6.20 Å². The molecule has 1 aliphatic carbocycles. The number of piperidine rings is 1. The van der Waals surface area contributed by atoms with Gasteiger partial charge < -0.3 is 10.3 Å². The van der Waals surface area contributed by atoms with E-state index in [0.29, 0.717) is 12.4 Å². The van der Waals surface area contributed by atoms with Gasteiger partial charge in [-0.3, -0.25) is 0 Å². The summed E-state index contributed by atoms with van der Waals surface area (Å²) in [6.45, 7) is 3.33. The van der Waals surface area contributed by atoms with Crippen LogP contribution in [0.25, 0.3) is 0 Å². The largest absolute Gasteiger partial charge is 0.332 e. The van der Waals surface area contributed by atoms with Crippen LogP contribution in [0.1, 0.15) is 37.9 Å². The van der Waals surface area contributed by atoms with Crippen LogP contribution < -0.4 is 5.32 Å². The number of nitrogens with one attached hydrogen (secondary N) is 2. The van der Waals surface area contributed by atoms with Crippen molar-refractivity contribution in [2.75, 3.05) is 13.1 Å². The lowest BCUT2D eigenvalue weighted by atomic mass is 10.1. The van der Waals surface area contributed by atoms with Gasteiger partial charge in [-0.25, -0.2) is 13.4 Å². The van der Waals surface area contributed by atoms with Crippen molar-refractivity contribution in [2.24, 2.45) is 0 Å². The number of aromatic nitrogens is 2. The smallest absolute Gasteiger partial charge is 0.260 e. The molecule has 0 aromatic carbocycles. The number of aromatic amines is 1. The third-order valence-electron chi connectivity index (χ3n) is 4.03. The van der Waals surface area contributed by atoms with E-state index in [-0.39, 0.29) is 17.1 Å². The summed E-state index contributed by atoms with van der Waals surface area (Å²) in [5.41, 5.74) is 0. The molecule has 112 valence electrons. The van der Waals surface area contributed by atoms with Gasteiger partial charge in [-0.15, -0.1) is 0 Å². The van der Waals surface area contributed by atoms with Crippen molar-refractivity contribution in [1.29, 1.82) is 0 Å². The standard InChI is InChI=1S/C13H22N4O2S/c1-10-15-8-13(16-10)20(18,19)17(12-5-6-12)9-11-4-2-3-7-14-11/h8,11-12,14H,2-7,9H2,1H3,(H,15,16). The zero-order chi connectivity index (χ0) is 14.2. The lowest BCUT2D eigenvalue weighted by Gasteiger charge is -2.29. The zero-order valence-electron chi connectivity index (χ0n) is 11.8. The Morgan fingerprint density at radius 3 is 2.70 bits per heavy atom. The molecule has 1 aromatic heterocycles. The molecule has 1 atom stereocenters. The molecule has 0 spiro atoms. The molecular weight excluding hydrogens is 276 g/mol. The van der Waals surface area contributed by atoms with Crippen LogP contribution in [-0.4, -0.2) is 47.9 Å². The van der Waals surface area contributed by atoms with Crippen LogP contribution in [0.2, 0.25) is 0 Å². The van der Waals surface area contributed by atoms with Crippen LogP contribution in [0.3, 0.4) is 0 Å². The molecule has 6 nitrogen and oxygen atoms in total. The minimum atomic E-state index is -3.44. The average molecular weight is 298 g/mol. The van der Waals surface area contributed by atoms with Crippen molar-refractivity contribution in [3.63, 3.8) is 0 Å². The molecule has 20 heavy (non-hydrogen) atoms. The van der Waals surface area contributed by atoms with Gasteiger partial charge in [0, 0.05) is 18.6 Å². The molecule has 0 amide bonds. The second-order valence-corrected chi connectivity index (χ2v) is 7.64. The van der Waals surface area contributed by atoms with E-state index in [4.69, 9.17) is 0 Å². The summed E-state index contributed by atoms with van der Waals surface area (Å²) < 4.78 is 27.1. The molecule has 2 N–H and O–H groups in total. The van der Waals surface area contributed by atoms with Gasteiger partial charge in [0.15, 0.2) is 5.03 Å². The molecular formula is C13H22N4O2S. The third-order valence-corrected chi connectivity index (χ3v) is 5.86. The Morgan fingerprint density at radius 2 is 2.15 bits per heavy atom. The molecule has 0 bridgehead atoms. The molecule has 1 aliphatic heterocycles. The highest BCUT2D eigenvalue weighted by Gasteiger charge is 2.40. The fraction of sp³-hybridized carbons (Fsp3) is 0.769.